The van der Waals surface area contributed by atoms with Crippen LogP contribution in [0.4, 0.5) is 5.69 Å². The second-order valence-corrected chi connectivity index (χ2v) is 7.49. The molecule has 0 amide bonds. The number of hydrogen-bond donors (Lipinski definition) is 1. The molecular weight excluding hydrogens is 284 g/mol. The van der Waals surface area contributed by atoms with Gasteiger partial charge >= 0.3 is 0 Å². The minimum absolute atomic E-state index is 0.0989. The third-order valence-corrected chi connectivity index (χ3v) is 4.64. The van der Waals surface area contributed by atoms with Crippen molar-refractivity contribution < 1.29 is 8.42 Å². The Morgan fingerprint density at radius 2 is 1.86 bits per heavy atom. The fourth-order valence-corrected chi connectivity index (χ4v) is 2.79. The summed E-state index contributed by atoms with van der Waals surface area (Å²) in [5.74, 6) is 0.778. The molecule has 1 aliphatic carbocycles. The van der Waals surface area contributed by atoms with E-state index in [1.807, 2.05) is 0 Å². The van der Waals surface area contributed by atoms with Crippen LogP contribution in [0.1, 0.15) is 29.9 Å². The first-order valence-corrected chi connectivity index (χ1v) is 8.90. The molecule has 1 N–H and O–H groups in total. The Bertz CT molecular complexity index is 718. The number of nitrogens with zero attached hydrogens (tertiary/aromatic N) is 1. The average Bonchev–Trinajstić information content (AvgIpc) is 3.30. The molecule has 1 fully saturated rings. The van der Waals surface area contributed by atoms with Gasteiger partial charge in [-0.3, -0.25) is 0 Å². The van der Waals surface area contributed by atoms with Gasteiger partial charge < -0.3 is 5.32 Å². The lowest BCUT2D eigenvalue weighted by Gasteiger charge is -2.07. The fraction of sp³-hybridized carbons (Fsp3) is 0.312. The molecule has 5 heteroatoms. The molecule has 4 nitrogen and oxygen atoms in total. The number of anilines is 1. The fourth-order valence-electron chi connectivity index (χ4n) is 2.23. The van der Waals surface area contributed by atoms with E-state index in [9.17, 15) is 8.42 Å². The Morgan fingerprint density at radius 1 is 1.14 bits per heavy atom. The quantitative estimate of drug-likeness (QED) is 0.922. The molecule has 1 heterocycles. The van der Waals surface area contributed by atoms with Crippen molar-refractivity contribution in [3.05, 3.63) is 53.7 Å². The summed E-state index contributed by atoms with van der Waals surface area (Å²) in [5, 5.41) is 3.35. The zero-order valence-electron chi connectivity index (χ0n) is 11.9. The maximum atomic E-state index is 11.3. The van der Waals surface area contributed by atoms with Gasteiger partial charge in [0.15, 0.2) is 14.9 Å². The highest BCUT2D eigenvalue weighted by Crippen LogP contribution is 2.39. The van der Waals surface area contributed by atoms with Crippen molar-refractivity contribution >= 4 is 15.5 Å². The lowest BCUT2D eigenvalue weighted by Crippen LogP contribution is -2.03. The maximum Gasteiger partial charge on any atom is 0.192 e. The highest BCUT2D eigenvalue weighted by atomic mass is 32.2. The Balaban J connectivity index is 1.61. The summed E-state index contributed by atoms with van der Waals surface area (Å²) >= 11 is 0. The van der Waals surface area contributed by atoms with Crippen molar-refractivity contribution in [1.29, 1.82) is 0 Å². The largest absolute Gasteiger partial charge is 0.380 e. The summed E-state index contributed by atoms with van der Waals surface area (Å²) in [5.41, 5.74) is 3.44. The molecule has 1 aromatic heterocycles. The van der Waals surface area contributed by atoms with Gasteiger partial charge in [0.05, 0.1) is 11.9 Å². The highest BCUT2D eigenvalue weighted by Gasteiger charge is 2.22. The number of aromatic nitrogens is 1. The molecule has 1 aromatic carbocycles. The molecule has 1 aliphatic rings. The van der Waals surface area contributed by atoms with Crippen LogP contribution in [0.5, 0.6) is 0 Å². The monoisotopic (exact) mass is 302 g/mol. The second-order valence-electron chi connectivity index (χ2n) is 5.53. The number of pyridine rings is 1. The Kier molecular flexibility index (Phi) is 3.68. The van der Waals surface area contributed by atoms with Gasteiger partial charge in [-0.1, -0.05) is 24.3 Å². The van der Waals surface area contributed by atoms with Crippen LogP contribution in [0.2, 0.25) is 0 Å². The molecule has 0 unspecified atom stereocenters. The van der Waals surface area contributed by atoms with Gasteiger partial charge in [0, 0.05) is 12.8 Å². The summed E-state index contributed by atoms with van der Waals surface area (Å²) in [4.78, 5) is 3.96. The van der Waals surface area contributed by atoms with Gasteiger partial charge in [0.1, 0.15) is 0 Å². The summed E-state index contributed by atoms with van der Waals surface area (Å²) in [6, 6.07) is 11.9. The van der Waals surface area contributed by atoms with Crippen molar-refractivity contribution in [2.24, 2.45) is 0 Å². The number of benzene rings is 1. The topological polar surface area (TPSA) is 59.1 Å². The zero-order chi connectivity index (χ0) is 14.9. The lowest BCUT2D eigenvalue weighted by molar-refractivity contribution is 0.598. The Morgan fingerprint density at radius 3 is 2.38 bits per heavy atom. The van der Waals surface area contributed by atoms with Gasteiger partial charge in [0.25, 0.3) is 0 Å². The molecule has 0 spiro atoms. The minimum atomic E-state index is -3.23. The van der Waals surface area contributed by atoms with Crippen LogP contribution in [0.3, 0.4) is 0 Å². The normalized spacial score (nSPS) is 14.9. The molecule has 0 aliphatic heterocycles. The SMILES string of the molecule is CS(=O)(=O)c1ccc(NCc2ccc(C3CC3)cc2)cn1. The molecule has 0 atom stereocenters. The van der Waals surface area contributed by atoms with E-state index < -0.39 is 9.84 Å². The first-order chi connectivity index (χ1) is 10.0. The first-order valence-electron chi connectivity index (χ1n) is 7.01. The van der Waals surface area contributed by atoms with Crippen molar-refractivity contribution in [2.45, 2.75) is 30.3 Å². The van der Waals surface area contributed by atoms with E-state index in [2.05, 4.69) is 34.6 Å². The first kappa shape index (κ1) is 14.1. The van der Waals surface area contributed by atoms with Gasteiger partial charge in [-0.15, -0.1) is 0 Å². The molecular formula is C16H18N2O2S. The van der Waals surface area contributed by atoms with Crippen LogP contribution in [-0.4, -0.2) is 19.7 Å². The number of sulfone groups is 1. The van der Waals surface area contributed by atoms with Crippen molar-refractivity contribution in [1.82, 2.24) is 4.98 Å². The van der Waals surface area contributed by atoms with Crippen molar-refractivity contribution in [2.75, 3.05) is 11.6 Å². The second kappa shape index (κ2) is 5.48. The third-order valence-electron chi connectivity index (χ3n) is 3.64. The summed E-state index contributed by atoms with van der Waals surface area (Å²) in [7, 11) is -3.23. The maximum absolute atomic E-state index is 11.3. The lowest BCUT2D eigenvalue weighted by atomic mass is 10.1. The van der Waals surface area contributed by atoms with Crippen LogP contribution < -0.4 is 5.32 Å². The van der Waals surface area contributed by atoms with Gasteiger partial charge in [-0.25, -0.2) is 13.4 Å². The van der Waals surface area contributed by atoms with Gasteiger partial charge in [0.2, 0.25) is 0 Å². The molecule has 1 saturated carbocycles. The van der Waals surface area contributed by atoms with E-state index in [4.69, 9.17) is 0 Å². The van der Waals surface area contributed by atoms with E-state index in [1.54, 1.807) is 12.3 Å². The highest BCUT2D eigenvalue weighted by molar-refractivity contribution is 7.90. The van der Waals surface area contributed by atoms with Crippen LogP contribution in [0.25, 0.3) is 0 Å². The molecule has 0 saturated heterocycles. The van der Waals surface area contributed by atoms with E-state index in [-0.39, 0.29) is 5.03 Å². The van der Waals surface area contributed by atoms with Gasteiger partial charge in [-0.2, -0.15) is 0 Å². The molecule has 3 rings (SSSR count). The number of hydrogen-bond acceptors (Lipinski definition) is 4. The Hall–Kier alpha value is -1.88. The minimum Gasteiger partial charge on any atom is -0.380 e. The number of nitrogens with one attached hydrogen (secondary N) is 1. The molecule has 110 valence electrons. The van der Waals surface area contributed by atoms with E-state index in [0.717, 1.165) is 17.9 Å². The van der Waals surface area contributed by atoms with Crippen LogP contribution >= 0.6 is 0 Å². The summed E-state index contributed by atoms with van der Waals surface area (Å²) in [6.45, 7) is 0.699. The Labute approximate surface area is 125 Å². The third kappa shape index (κ3) is 3.61. The van der Waals surface area contributed by atoms with Crippen molar-refractivity contribution in [3.63, 3.8) is 0 Å². The van der Waals surface area contributed by atoms with Crippen LogP contribution in [0, 0.1) is 0 Å². The average molecular weight is 302 g/mol. The van der Waals surface area contributed by atoms with E-state index in [1.165, 1.54) is 30.0 Å². The predicted octanol–water partition coefficient (Wildman–Crippen LogP) is 2.97. The molecule has 0 radical (unpaired) electrons. The molecule has 0 bridgehead atoms. The molecule has 21 heavy (non-hydrogen) atoms. The van der Waals surface area contributed by atoms with Crippen LogP contribution in [-0.2, 0) is 16.4 Å². The smallest absolute Gasteiger partial charge is 0.192 e. The van der Waals surface area contributed by atoms with Gasteiger partial charge in [-0.05, 0) is 42.0 Å². The zero-order valence-corrected chi connectivity index (χ0v) is 12.7. The molecule has 2 aromatic rings. The summed E-state index contributed by atoms with van der Waals surface area (Å²) < 4.78 is 22.7. The van der Waals surface area contributed by atoms with E-state index in [0.29, 0.717) is 6.54 Å². The summed E-state index contributed by atoms with van der Waals surface area (Å²) in [6.07, 6.45) is 5.34. The van der Waals surface area contributed by atoms with Crippen molar-refractivity contribution in [3.8, 4) is 0 Å². The number of rotatable bonds is 5. The van der Waals surface area contributed by atoms with E-state index >= 15 is 0 Å². The standard InChI is InChI=1S/C16H18N2O2S/c1-21(19,20)16-9-8-15(11-18-16)17-10-12-2-4-13(5-3-12)14-6-7-14/h2-5,8-9,11,14,17H,6-7,10H2,1H3. The van der Waals surface area contributed by atoms with Crippen LogP contribution in [0.15, 0.2) is 47.6 Å². The predicted molar refractivity (Wildman–Crippen MR) is 83.1 cm³/mol.